The molecular weight excluding hydrogens is 224 g/mol. The smallest absolute Gasteiger partial charge is 0.326 e. The third kappa shape index (κ3) is 2.02. The number of ether oxygens (including phenoxy) is 1. The maximum Gasteiger partial charge on any atom is 0.326 e. The summed E-state index contributed by atoms with van der Waals surface area (Å²) < 4.78 is 5.14. The van der Waals surface area contributed by atoms with E-state index in [1.807, 2.05) is 6.92 Å². The summed E-state index contributed by atoms with van der Waals surface area (Å²) in [5.74, 6) is -1.26. The summed E-state index contributed by atoms with van der Waals surface area (Å²) in [6.07, 6.45) is 1.17. The maximum atomic E-state index is 12.3. The monoisotopic (exact) mass is 242 g/mol. The zero-order chi connectivity index (χ0) is 12.6. The topological polar surface area (TPSA) is 92.9 Å². The molecule has 2 aliphatic heterocycles. The van der Waals surface area contributed by atoms with Crippen molar-refractivity contribution < 1.29 is 19.4 Å². The van der Waals surface area contributed by atoms with Gasteiger partial charge in [0.05, 0.1) is 6.61 Å². The number of rotatable bonds is 2. The Morgan fingerprint density at radius 3 is 2.76 bits per heavy atom. The van der Waals surface area contributed by atoms with Gasteiger partial charge in [-0.1, -0.05) is 6.92 Å². The van der Waals surface area contributed by atoms with Gasteiger partial charge in [-0.05, 0) is 18.8 Å². The number of carboxylic acids is 1. The molecule has 0 spiro atoms. The van der Waals surface area contributed by atoms with Crippen LogP contribution in [0, 0.1) is 5.92 Å². The number of carbonyl (C=O) groups excluding carboxylic acids is 1. The Bertz CT molecular complexity index is 338. The highest BCUT2D eigenvalue weighted by atomic mass is 16.5. The molecule has 3 unspecified atom stereocenters. The average molecular weight is 242 g/mol. The van der Waals surface area contributed by atoms with Crippen LogP contribution in [0.15, 0.2) is 0 Å². The third-order valence-corrected chi connectivity index (χ3v) is 3.69. The van der Waals surface area contributed by atoms with Gasteiger partial charge in [0.25, 0.3) is 0 Å². The standard InChI is InChI=1S/C11H18N2O4/c1-7-2-4-13(8(7)9(14)15)10(16)11(12)3-5-17-6-11/h7-8H,2-6,12H2,1H3,(H,14,15). The molecule has 0 aromatic heterocycles. The fraction of sp³-hybridized carbons (Fsp3) is 0.818. The van der Waals surface area contributed by atoms with Crippen molar-refractivity contribution in [3.8, 4) is 0 Å². The van der Waals surface area contributed by atoms with Crippen LogP contribution in [0.1, 0.15) is 19.8 Å². The van der Waals surface area contributed by atoms with Crippen molar-refractivity contribution in [2.45, 2.75) is 31.3 Å². The molecule has 0 bridgehead atoms. The maximum absolute atomic E-state index is 12.3. The van der Waals surface area contributed by atoms with Gasteiger partial charge in [-0.25, -0.2) is 4.79 Å². The molecule has 2 aliphatic rings. The van der Waals surface area contributed by atoms with Crippen molar-refractivity contribution in [2.75, 3.05) is 19.8 Å². The van der Waals surface area contributed by atoms with E-state index < -0.39 is 17.6 Å². The Labute approximate surface area is 99.7 Å². The van der Waals surface area contributed by atoms with Gasteiger partial charge >= 0.3 is 5.97 Å². The predicted molar refractivity (Wildman–Crippen MR) is 59.3 cm³/mol. The number of carbonyl (C=O) groups is 2. The van der Waals surface area contributed by atoms with Crippen molar-refractivity contribution >= 4 is 11.9 Å². The van der Waals surface area contributed by atoms with Gasteiger partial charge in [0.15, 0.2) is 0 Å². The zero-order valence-corrected chi connectivity index (χ0v) is 9.89. The lowest BCUT2D eigenvalue weighted by Crippen LogP contribution is -2.58. The van der Waals surface area contributed by atoms with Crippen LogP contribution in [-0.2, 0) is 14.3 Å². The van der Waals surface area contributed by atoms with E-state index in [-0.39, 0.29) is 18.4 Å². The summed E-state index contributed by atoms with van der Waals surface area (Å²) in [5, 5.41) is 9.16. The summed E-state index contributed by atoms with van der Waals surface area (Å²) in [6.45, 7) is 2.96. The second kappa shape index (κ2) is 4.27. The highest BCUT2D eigenvalue weighted by molar-refractivity contribution is 5.91. The number of amides is 1. The van der Waals surface area contributed by atoms with Crippen LogP contribution in [0.5, 0.6) is 0 Å². The second-order valence-corrected chi connectivity index (χ2v) is 5.01. The van der Waals surface area contributed by atoms with Gasteiger partial charge < -0.3 is 20.5 Å². The lowest BCUT2D eigenvalue weighted by molar-refractivity contribution is -0.151. The number of hydrogen-bond donors (Lipinski definition) is 2. The van der Waals surface area contributed by atoms with Crippen molar-refractivity contribution in [3.05, 3.63) is 0 Å². The normalized spacial score (nSPS) is 37.4. The van der Waals surface area contributed by atoms with Crippen LogP contribution in [0.3, 0.4) is 0 Å². The van der Waals surface area contributed by atoms with Gasteiger partial charge in [0, 0.05) is 13.2 Å². The molecular formula is C11H18N2O4. The lowest BCUT2D eigenvalue weighted by Gasteiger charge is -2.30. The molecule has 3 N–H and O–H groups in total. The number of nitrogens with two attached hydrogens (primary N) is 1. The molecule has 0 aliphatic carbocycles. The Morgan fingerprint density at radius 2 is 2.24 bits per heavy atom. The Morgan fingerprint density at radius 1 is 1.53 bits per heavy atom. The fourth-order valence-corrected chi connectivity index (χ4v) is 2.59. The first-order valence-corrected chi connectivity index (χ1v) is 5.86. The van der Waals surface area contributed by atoms with Gasteiger partial charge in [-0.3, -0.25) is 4.79 Å². The minimum Gasteiger partial charge on any atom is -0.480 e. The van der Waals surface area contributed by atoms with E-state index in [0.29, 0.717) is 26.0 Å². The van der Waals surface area contributed by atoms with Gasteiger partial charge in [0.1, 0.15) is 11.6 Å². The van der Waals surface area contributed by atoms with E-state index in [1.165, 1.54) is 4.90 Å². The SMILES string of the molecule is CC1CCN(C(=O)C2(N)CCOC2)C1C(=O)O. The molecule has 96 valence electrons. The molecule has 2 saturated heterocycles. The van der Waals surface area contributed by atoms with Crippen molar-refractivity contribution in [3.63, 3.8) is 0 Å². The molecule has 6 heteroatoms. The number of aliphatic carboxylic acids is 1. The molecule has 2 fully saturated rings. The first kappa shape index (κ1) is 12.3. The number of likely N-dealkylation sites (tertiary alicyclic amines) is 1. The van der Waals surface area contributed by atoms with Crippen LogP contribution in [0.4, 0.5) is 0 Å². The number of nitrogens with zero attached hydrogens (tertiary/aromatic N) is 1. The molecule has 1 amide bonds. The third-order valence-electron chi connectivity index (χ3n) is 3.69. The van der Waals surface area contributed by atoms with E-state index in [9.17, 15) is 9.59 Å². The minimum atomic E-state index is -1.03. The summed E-state index contributed by atoms with van der Waals surface area (Å²) in [4.78, 5) is 24.9. The van der Waals surface area contributed by atoms with Crippen LogP contribution in [0.25, 0.3) is 0 Å². The second-order valence-electron chi connectivity index (χ2n) is 5.01. The summed E-state index contributed by atoms with van der Waals surface area (Å²) in [7, 11) is 0. The zero-order valence-electron chi connectivity index (χ0n) is 9.89. The quantitative estimate of drug-likeness (QED) is 0.676. The highest BCUT2D eigenvalue weighted by Gasteiger charge is 2.47. The molecule has 0 radical (unpaired) electrons. The van der Waals surface area contributed by atoms with E-state index in [0.717, 1.165) is 0 Å². The Kier molecular flexibility index (Phi) is 3.09. The summed E-state index contributed by atoms with van der Waals surface area (Å²) in [6, 6.07) is -0.747. The molecule has 17 heavy (non-hydrogen) atoms. The first-order chi connectivity index (χ1) is 7.96. The van der Waals surface area contributed by atoms with Crippen LogP contribution in [-0.4, -0.2) is 53.2 Å². The molecule has 2 heterocycles. The predicted octanol–water partition coefficient (Wildman–Crippen LogP) is -0.574. The molecule has 0 aromatic carbocycles. The molecule has 0 saturated carbocycles. The lowest BCUT2D eigenvalue weighted by atomic mass is 9.97. The Balaban J connectivity index is 2.16. The van der Waals surface area contributed by atoms with Crippen LogP contribution >= 0.6 is 0 Å². The van der Waals surface area contributed by atoms with Crippen molar-refractivity contribution in [1.29, 1.82) is 0 Å². The van der Waals surface area contributed by atoms with E-state index in [2.05, 4.69) is 0 Å². The first-order valence-electron chi connectivity index (χ1n) is 5.86. The van der Waals surface area contributed by atoms with Crippen molar-refractivity contribution in [1.82, 2.24) is 4.90 Å². The van der Waals surface area contributed by atoms with Crippen molar-refractivity contribution in [2.24, 2.45) is 11.7 Å². The van der Waals surface area contributed by atoms with Gasteiger partial charge in [0.2, 0.25) is 5.91 Å². The van der Waals surface area contributed by atoms with E-state index >= 15 is 0 Å². The number of carboxylic acid groups (broad SMARTS) is 1. The van der Waals surface area contributed by atoms with Gasteiger partial charge in [-0.2, -0.15) is 0 Å². The molecule has 3 atom stereocenters. The molecule has 0 aromatic rings. The van der Waals surface area contributed by atoms with Crippen LogP contribution in [0.2, 0.25) is 0 Å². The van der Waals surface area contributed by atoms with Crippen LogP contribution < -0.4 is 5.73 Å². The average Bonchev–Trinajstić information content (AvgIpc) is 2.84. The van der Waals surface area contributed by atoms with E-state index in [1.54, 1.807) is 0 Å². The summed E-state index contributed by atoms with van der Waals surface area (Å²) >= 11 is 0. The Hall–Kier alpha value is -1.14. The minimum absolute atomic E-state index is 0.0256. The molecule has 6 nitrogen and oxygen atoms in total. The highest BCUT2D eigenvalue weighted by Crippen LogP contribution is 2.28. The largest absolute Gasteiger partial charge is 0.480 e. The number of hydrogen-bond acceptors (Lipinski definition) is 4. The fourth-order valence-electron chi connectivity index (χ4n) is 2.59. The van der Waals surface area contributed by atoms with E-state index in [4.69, 9.17) is 15.6 Å². The summed E-state index contributed by atoms with van der Waals surface area (Å²) in [5.41, 5.74) is 4.95. The van der Waals surface area contributed by atoms with Gasteiger partial charge in [-0.15, -0.1) is 0 Å². The molecule has 2 rings (SSSR count).